The quantitative estimate of drug-likeness (QED) is 0.832. The summed E-state index contributed by atoms with van der Waals surface area (Å²) in [4.78, 5) is 11.2. The highest BCUT2D eigenvalue weighted by Gasteiger charge is 2.61. The number of carboxylic acids is 1. The Kier molecular flexibility index (Phi) is 3.39. The summed E-state index contributed by atoms with van der Waals surface area (Å²) >= 11 is 0. The average molecular weight is 279 g/mol. The van der Waals surface area contributed by atoms with Crippen molar-refractivity contribution in [2.75, 3.05) is 0 Å². The molecule has 2 bridgehead atoms. The summed E-state index contributed by atoms with van der Waals surface area (Å²) in [5.74, 6) is 0.125. The van der Waals surface area contributed by atoms with Crippen LogP contribution in [-0.2, 0) is 4.79 Å². The number of aliphatic carboxylic acids is 1. The van der Waals surface area contributed by atoms with Crippen molar-refractivity contribution in [3.05, 3.63) is 0 Å². The molecule has 0 amide bonds. The summed E-state index contributed by atoms with van der Waals surface area (Å²) in [7, 11) is 0. The van der Waals surface area contributed by atoms with E-state index in [0.29, 0.717) is 22.9 Å². The van der Waals surface area contributed by atoms with E-state index in [1.165, 1.54) is 19.3 Å². The summed E-state index contributed by atoms with van der Waals surface area (Å²) in [5, 5.41) is 13.1. The molecule has 114 valence electrons. The Morgan fingerprint density at radius 3 is 2.45 bits per heavy atom. The fraction of sp³-hybridized carbons (Fsp3) is 0.941. The molecule has 0 spiro atoms. The third kappa shape index (κ3) is 2.01. The van der Waals surface area contributed by atoms with Gasteiger partial charge in [-0.15, -0.1) is 0 Å². The predicted octanol–water partition coefficient (Wildman–Crippen LogP) is 3.43. The number of carbonyl (C=O) groups is 1. The van der Waals surface area contributed by atoms with Crippen LogP contribution in [0.1, 0.15) is 65.7 Å². The molecule has 0 heterocycles. The van der Waals surface area contributed by atoms with E-state index in [4.69, 9.17) is 0 Å². The van der Waals surface area contributed by atoms with Crippen LogP contribution in [0.4, 0.5) is 0 Å². The van der Waals surface area contributed by atoms with E-state index < -0.39 is 5.97 Å². The number of hydrogen-bond donors (Lipinski definition) is 2. The molecule has 3 heteroatoms. The molecule has 0 radical (unpaired) electrons. The van der Waals surface area contributed by atoms with Crippen LogP contribution in [0.15, 0.2) is 0 Å². The highest BCUT2D eigenvalue weighted by molar-refractivity contribution is 5.70. The van der Waals surface area contributed by atoms with Gasteiger partial charge in [0.2, 0.25) is 0 Å². The highest BCUT2D eigenvalue weighted by Crippen LogP contribution is 2.65. The van der Waals surface area contributed by atoms with Gasteiger partial charge in [0.05, 0.1) is 5.92 Å². The van der Waals surface area contributed by atoms with Gasteiger partial charge in [0, 0.05) is 12.1 Å². The monoisotopic (exact) mass is 279 g/mol. The fourth-order valence-electron chi connectivity index (χ4n) is 5.31. The second kappa shape index (κ2) is 4.72. The third-order valence-corrected chi connectivity index (χ3v) is 7.25. The Labute approximate surface area is 122 Å². The van der Waals surface area contributed by atoms with Gasteiger partial charge in [-0.05, 0) is 55.3 Å². The maximum Gasteiger partial charge on any atom is 0.306 e. The van der Waals surface area contributed by atoms with Gasteiger partial charge in [-0.25, -0.2) is 0 Å². The second-order valence-corrected chi connectivity index (χ2v) is 8.23. The molecule has 0 aromatic carbocycles. The zero-order chi connectivity index (χ0) is 14.5. The molecule has 0 aromatic heterocycles. The summed E-state index contributed by atoms with van der Waals surface area (Å²) in [6.45, 7) is 7.33. The molecular weight excluding hydrogens is 250 g/mol. The molecule has 3 rings (SSSR count). The maximum absolute atomic E-state index is 11.2. The molecular formula is C17H29NO2. The first kappa shape index (κ1) is 14.4. The molecule has 3 aliphatic rings. The first-order valence-electron chi connectivity index (χ1n) is 8.33. The predicted molar refractivity (Wildman–Crippen MR) is 79.5 cm³/mol. The van der Waals surface area contributed by atoms with E-state index in [0.717, 1.165) is 31.6 Å². The van der Waals surface area contributed by atoms with Gasteiger partial charge in [-0.2, -0.15) is 0 Å². The maximum atomic E-state index is 11.2. The molecule has 20 heavy (non-hydrogen) atoms. The van der Waals surface area contributed by atoms with Crippen molar-refractivity contribution in [1.82, 2.24) is 5.32 Å². The van der Waals surface area contributed by atoms with Crippen molar-refractivity contribution >= 4 is 5.97 Å². The van der Waals surface area contributed by atoms with Gasteiger partial charge in [-0.3, -0.25) is 4.79 Å². The number of nitrogens with one attached hydrogen (secondary N) is 1. The standard InChI is InChI=1S/C17H29NO2/c1-16(2)12-7-8-17(16,3)14(10-12)18-13-6-4-5-11(9-13)15(19)20/h11-14,18H,4-10H2,1-3H3,(H,19,20). The van der Waals surface area contributed by atoms with Crippen molar-refractivity contribution in [2.24, 2.45) is 22.7 Å². The molecule has 0 aliphatic heterocycles. The van der Waals surface area contributed by atoms with Gasteiger partial charge < -0.3 is 10.4 Å². The molecule has 5 unspecified atom stereocenters. The van der Waals surface area contributed by atoms with Crippen LogP contribution >= 0.6 is 0 Å². The van der Waals surface area contributed by atoms with Crippen molar-refractivity contribution in [3.63, 3.8) is 0 Å². The number of rotatable bonds is 3. The van der Waals surface area contributed by atoms with Crippen molar-refractivity contribution in [2.45, 2.75) is 77.8 Å². The van der Waals surface area contributed by atoms with E-state index in [1.807, 2.05) is 0 Å². The minimum Gasteiger partial charge on any atom is -0.481 e. The summed E-state index contributed by atoms with van der Waals surface area (Å²) in [5.41, 5.74) is 0.833. The number of hydrogen-bond acceptors (Lipinski definition) is 2. The smallest absolute Gasteiger partial charge is 0.306 e. The average Bonchev–Trinajstić information content (AvgIpc) is 2.72. The van der Waals surface area contributed by atoms with Crippen molar-refractivity contribution in [3.8, 4) is 0 Å². The van der Waals surface area contributed by atoms with Crippen LogP contribution in [-0.4, -0.2) is 23.2 Å². The van der Waals surface area contributed by atoms with Crippen molar-refractivity contribution in [1.29, 1.82) is 0 Å². The molecule has 0 aromatic rings. The van der Waals surface area contributed by atoms with E-state index in [9.17, 15) is 9.90 Å². The van der Waals surface area contributed by atoms with Crippen LogP contribution in [0.5, 0.6) is 0 Å². The summed E-state index contributed by atoms with van der Waals surface area (Å²) in [6.07, 6.45) is 7.90. The molecule has 3 saturated carbocycles. The van der Waals surface area contributed by atoms with Gasteiger partial charge in [0.1, 0.15) is 0 Å². The first-order chi connectivity index (χ1) is 9.34. The minimum atomic E-state index is -0.601. The molecule has 5 atom stereocenters. The normalized spacial score (nSPS) is 46.5. The summed E-state index contributed by atoms with van der Waals surface area (Å²) in [6, 6.07) is 1.01. The molecule has 0 saturated heterocycles. The zero-order valence-electron chi connectivity index (χ0n) is 13.1. The van der Waals surface area contributed by atoms with E-state index in [1.54, 1.807) is 0 Å². The fourth-order valence-corrected chi connectivity index (χ4v) is 5.31. The lowest BCUT2D eigenvalue weighted by molar-refractivity contribution is -0.143. The lowest BCUT2D eigenvalue weighted by Crippen LogP contribution is -2.50. The Hall–Kier alpha value is -0.570. The molecule has 3 fully saturated rings. The van der Waals surface area contributed by atoms with E-state index in [2.05, 4.69) is 26.1 Å². The van der Waals surface area contributed by atoms with Gasteiger partial charge in [0.25, 0.3) is 0 Å². The third-order valence-electron chi connectivity index (χ3n) is 7.25. The van der Waals surface area contributed by atoms with E-state index in [-0.39, 0.29) is 5.92 Å². The Morgan fingerprint density at radius 1 is 1.15 bits per heavy atom. The molecule has 2 N–H and O–H groups in total. The Morgan fingerprint density at radius 2 is 1.90 bits per heavy atom. The Balaban J connectivity index is 1.66. The van der Waals surface area contributed by atoms with Crippen LogP contribution < -0.4 is 5.32 Å². The number of fused-ring (bicyclic) bond motifs is 2. The van der Waals surface area contributed by atoms with Crippen LogP contribution in [0.3, 0.4) is 0 Å². The van der Waals surface area contributed by atoms with E-state index >= 15 is 0 Å². The highest BCUT2D eigenvalue weighted by atomic mass is 16.4. The number of carboxylic acid groups (broad SMARTS) is 1. The van der Waals surface area contributed by atoms with Gasteiger partial charge >= 0.3 is 5.97 Å². The lowest BCUT2D eigenvalue weighted by atomic mass is 9.69. The Bertz CT molecular complexity index is 406. The first-order valence-corrected chi connectivity index (χ1v) is 8.33. The van der Waals surface area contributed by atoms with Gasteiger partial charge in [0.15, 0.2) is 0 Å². The summed E-state index contributed by atoms with van der Waals surface area (Å²) < 4.78 is 0. The van der Waals surface area contributed by atoms with Gasteiger partial charge in [-0.1, -0.05) is 27.2 Å². The lowest BCUT2D eigenvalue weighted by Gasteiger charge is -2.42. The van der Waals surface area contributed by atoms with Crippen LogP contribution in [0.2, 0.25) is 0 Å². The zero-order valence-corrected chi connectivity index (χ0v) is 13.1. The van der Waals surface area contributed by atoms with Crippen LogP contribution in [0.25, 0.3) is 0 Å². The van der Waals surface area contributed by atoms with Crippen molar-refractivity contribution < 1.29 is 9.90 Å². The second-order valence-electron chi connectivity index (χ2n) is 8.23. The minimum absolute atomic E-state index is 0.124. The topological polar surface area (TPSA) is 49.3 Å². The molecule has 3 nitrogen and oxygen atoms in total. The van der Waals surface area contributed by atoms with Crippen LogP contribution in [0, 0.1) is 22.7 Å². The largest absolute Gasteiger partial charge is 0.481 e. The SMILES string of the molecule is CC1(C)C2CCC1(C)C(NC1CCCC(C(=O)O)C1)C2. The molecule has 3 aliphatic carbocycles.